The van der Waals surface area contributed by atoms with Gasteiger partial charge in [-0.1, -0.05) is 5.16 Å². The van der Waals surface area contributed by atoms with Crippen LogP contribution in [-0.4, -0.2) is 36.4 Å². The molecule has 0 radical (unpaired) electrons. The first kappa shape index (κ1) is 16.6. The summed E-state index contributed by atoms with van der Waals surface area (Å²) in [7, 11) is 1.96. The number of benzene rings is 1. The van der Waals surface area contributed by atoms with Crippen LogP contribution in [0, 0.1) is 0 Å². The van der Waals surface area contributed by atoms with E-state index in [0.717, 1.165) is 39.7 Å². The Balaban J connectivity index is 1.73. The van der Waals surface area contributed by atoms with Crippen LogP contribution in [-0.2, 0) is 13.1 Å². The molecule has 8 heteroatoms. The molecular weight excluding hydrogens is 376 g/mol. The molecule has 0 saturated carbocycles. The van der Waals surface area contributed by atoms with Crippen molar-refractivity contribution in [3.63, 3.8) is 0 Å². The summed E-state index contributed by atoms with van der Waals surface area (Å²) in [5.74, 6) is 2.29. The zero-order chi connectivity index (χ0) is 16.9. The van der Waals surface area contributed by atoms with E-state index in [2.05, 4.69) is 31.4 Å². The van der Waals surface area contributed by atoms with E-state index in [1.54, 1.807) is 6.26 Å². The van der Waals surface area contributed by atoms with Crippen LogP contribution in [0.2, 0.25) is 0 Å². The average Bonchev–Trinajstić information content (AvgIpc) is 3.22. The number of guanidine groups is 1. The van der Waals surface area contributed by atoms with Crippen LogP contribution in [0.15, 0.2) is 38.5 Å². The Labute approximate surface area is 148 Å². The lowest BCUT2D eigenvalue weighted by atomic mass is 10.2. The van der Waals surface area contributed by atoms with E-state index in [1.165, 1.54) is 0 Å². The van der Waals surface area contributed by atoms with E-state index in [4.69, 9.17) is 14.0 Å². The lowest BCUT2D eigenvalue weighted by Crippen LogP contribution is -2.38. The van der Waals surface area contributed by atoms with Crippen molar-refractivity contribution >= 4 is 21.9 Å². The Morgan fingerprint density at radius 1 is 1.42 bits per heavy atom. The summed E-state index contributed by atoms with van der Waals surface area (Å²) in [6.45, 7) is 4.22. The number of nitrogens with zero attached hydrogens (tertiary/aromatic N) is 3. The molecule has 7 nitrogen and oxygen atoms in total. The number of aromatic nitrogens is 1. The summed E-state index contributed by atoms with van der Waals surface area (Å²) < 4.78 is 16.6. The van der Waals surface area contributed by atoms with Crippen molar-refractivity contribution in [1.29, 1.82) is 0 Å². The molecule has 3 rings (SSSR count). The fraction of sp³-hybridized carbons (Fsp3) is 0.375. The third kappa shape index (κ3) is 3.81. The minimum Gasteiger partial charge on any atom is -0.454 e. The number of halogens is 1. The number of hydrogen-bond donors (Lipinski definition) is 1. The molecular formula is C16H19BrN4O3. The molecule has 1 aliphatic rings. The highest BCUT2D eigenvalue weighted by Gasteiger charge is 2.18. The molecule has 0 fully saturated rings. The topological polar surface area (TPSA) is 72.1 Å². The summed E-state index contributed by atoms with van der Waals surface area (Å²) in [5, 5.41) is 7.21. The predicted molar refractivity (Wildman–Crippen MR) is 93.1 cm³/mol. The maximum absolute atomic E-state index is 5.45. The first-order valence-corrected chi connectivity index (χ1v) is 8.43. The Kier molecular flexibility index (Phi) is 5.24. The molecule has 0 unspecified atom stereocenters. The molecule has 1 aromatic heterocycles. The van der Waals surface area contributed by atoms with Gasteiger partial charge in [-0.05, 0) is 40.5 Å². The van der Waals surface area contributed by atoms with Crippen LogP contribution in [0.4, 0.5) is 0 Å². The Hall–Kier alpha value is -2.22. The third-order valence-electron chi connectivity index (χ3n) is 3.49. The summed E-state index contributed by atoms with van der Waals surface area (Å²) >= 11 is 3.51. The average molecular weight is 395 g/mol. The maximum Gasteiger partial charge on any atom is 0.231 e. The first-order valence-electron chi connectivity index (χ1n) is 7.64. The van der Waals surface area contributed by atoms with E-state index in [-0.39, 0.29) is 6.79 Å². The number of ether oxygens (including phenoxy) is 2. The van der Waals surface area contributed by atoms with E-state index in [0.29, 0.717) is 13.1 Å². The first-order chi connectivity index (χ1) is 11.7. The minimum absolute atomic E-state index is 0.254. The van der Waals surface area contributed by atoms with Gasteiger partial charge in [0.05, 0.1) is 17.6 Å². The molecule has 0 spiro atoms. The predicted octanol–water partition coefficient (Wildman–Crippen LogP) is 2.76. The molecule has 128 valence electrons. The van der Waals surface area contributed by atoms with Crippen molar-refractivity contribution in [3.8, 4) is 11.5 Å². The van der Waals surface area contributed by atoms with E-state index < -0.39 is 0 Å². The second kappa shape index (κ2) is 7.57. The molecule has 0 aliphatic carbocycles. The van der Waals surface area contributed by atoms with Gasteiger partial charge in [0.25, 0.3) is 0 Å². The number of nitrogens with one attached hydrogen (secondary N) is 1. The van der Waals surface area contributed by atoms with Gasteiger partial charge >= 0.3 is 0 Å². The summed E-state index contributed by atoms with van der Waals surface area (Å²) in [5.41, 5.74) is 1.89. The normalized spacial score (nSPS) is 13.2. The lowest BCUT2D eigenvalue weighted by molar-refractivity contribution is 0.173. The number of fused-ring (bicyclic) bond motifs is 1. The van der Waals surface area contributed by atoms with E-state index >= 15 is 0 Å². The molecule has 0 saturated heterocycles. The van der Waals surface area contributed by atoms with Crippen LogP contribution in [0.25, 0.3) is 0 Å². The van der Waals surface area contributed by atoms with Gasteiger partial charge < -0.3 is 24.2 Å². The number of hydrogen-bond acceptors (Lipinski definition) is 5. The Bertz CT molecular complexity index is 718. The fourth-order valence-corrected chi connectivity index (χ4v) is 2.99. The van der Waals surface area contributed by atoms with Gasteiger partial charge in [-0.15, -0.1) is 0 Å². The van der Waals surface area contributed by atoms with Gasteiger partial charge in [0.1, 0.15) is 12.0 Å². The molecule has 2 heterocycles. The van der Waals surface area contributed by atoms with Crippen molar-refractivity contribution < 1.29 is 14.0 Å². The van der Waals surface area contributed by atoms with Crippen molar-refractivity contribution in [3.05, 3.63) is 40.2 Å². The zero-order valence-electron chi connectivity index (χ0n) is 13.6. The molecule has 0 atom stereocenters. The Morgan fingerprint density at radius 3 is 3.04 bits per heavy atom. The van der Waals surface area contributed by atoms with Crippen LogP contribution < -0.4 is 14.8 Å². The van der Waals surface area contributed by atoms with E-state index in [9.17, 15) is 0 Å². The van der Waals surface area contributed by atoms with Crippen LogP contribution in [0.5, 0.6) is 11.5 Å². The zero-order valence-corrected chi connectivity index (χ0v) is 15.2. The van der Waals surface area contributed by atoms with E-state index in [1.807, 2.05) is 37.1 Å². The van der Waals surface area contributed by atoms with Crippen LogP contribution in [0.3, 0.4) is 0 Å². The SMILES string of the molecule is CCNC(=NCc1cc(Br)c2c(c1)OCO2)N(C)Cc1ccon1. The Morgan fingerprint density at radius 2 is 2.29 bits per heavy atom. The number of rotatable bonds is 5. The smallest absolute Gasteiger partial charge is 0.231 e. The largest absolute Gasteiger partial charge is 0.454 e. The fourth-order valence-electron chi connectivity index (χ4n) is 2.38. The minimum atomic E-state index is 0.254. The second-order valence-corrected chi connectivity index (χ2v) is 6.18. The van der Waals surface area contributed by atoms with Crippen molar-refractivity contribution in [1.82, 2.24) is 15.4 Å². The second-order valence-electron chi connectivity index (χ2n) is 5.33. The van der Waals surface area contributed by atoms with Gasteiger partial charge in [-0.25, -0.2) is 4.99 Å². The van der Waals surface area contributed by atoms with Gasteiger partial charge in [0.15, 0.2) is 17.5 Å². The van der Waals surface area contributed by atoms with Gasteiger partial charge in [-0.3, -0.25) is 0 Å². The van der Waals surface area contributed by atoms with Crippen LogP contribution in [0.1, 0.15) is 18.2 Å². The molecule has 0 amide bonds. The quantitative estimate of drug-likeness (QED) is 0.620. The highest BCUT2D eigenvalue weighted by atomic mass is 79.9. The number of aliphatic imine (C=N–C) groups is 1. The van der Waals surface area contributed by atoms with Gasteiger partial charge in [-0.2, -0.15) is 0 Å². The molecule has 1 aliphatic heterocycles. The maximum atomic E-state index is 5.45. The van der Waals surface area contributed by atoms with Gasteiger partial charge in [0, 0.05) is 19.7 Å². The van der Waals surface area contributed by atoms with Gasteiger partial charge in [0.2, 0.25) is 6.79 Å². The third-order valence-corrected chi connectivity index (χ3v) is 4.07. The lowest BCUT2D eigenvalue weighted by Gasteiger charge is -2.20. The summed E-state index contributed by atoms with van der Waals surface area (Å²) in [6, 6.07) is 5.80. The van der Waals surface area contributed by atoms with Crippen molar-refractivity contribution in [2.75, 3.05) is 20.4 Å². The summed E-state index contributed by atoms with van der Waals surface area (Å²) in [6.07, 6.45) is 1.57. The standard InChI is InChI=1S/C16H19BrN4O3/c1-3-18-16(21(2)9-12-4-5-24-20-12)19-8-11-6-13(17)15-14(7-11)22-10-23-15/h4-7H,3,8-10H2,1-2H3,(H,18,19). The highest BCUT2D eigenvalue weighted by Crippen LogP contribution is 2.40. The van der Waals surface area contributed by atoms with Crippen molar-refractivity contribution in [2.24, 2.45) is 4.99 Å². The monoisotopic (exact) mass is 394 g/mol. The highest BCUT2D eigenvalue weighted by molar-refractivity contribution is 9.10. The molecule has 0 bridgehead atoms. The van der Waals surface area contributed by atoms with Crippen molar-refractivity contribution in [2.45, 2.75) is 20.0 Å². The molecule has 1 N–H and O–H groups in total. The molecule has 2 aromatic rings. The molecule has 24 heavy (non-hydrogen) atoms. The summed E-state index contributed by atoms with van der Waals surface area (Å²) in [4.78, 5) is 6.69. The molecule has 1 aromatic carbocycles. The van der Waals surface area contributed by atoms with Crippen LogP contribution >= 0.6 is 15.9 Å².